The van der Waals surface area contributed by atoms with Crippen LogP contribution in [0.4, 0.5) is 11.8 Å². The van der Waals surface area contributed by atoms with Crippen LogP contribution in [0.1, 0.15) is 43.5 Å². The number of hydrogen-bond acceptors (Lipinski definition) is 7. The zero-order chi connectivity index (χ0) is 27.3. The van der Waals surface area contributed by atoms with E-state index in [1.165, 1.54) is 36.1 Å². The molecule has 8 heteroatoms. The number of rotatable bonds is 7. The van der Waals surface area contributed by atoms with E-state index in [0.29, 0.717) is 6.04 Å². The Morgan fingerprint density at radius 1 is 0.875 bits per heavy atom. The van der Waals surface area contributed by atoms with Gasteiger partial charge in [0.05, 0.1) is 11.4 Å². The van der Waals surface area contributed by atoms with Gasteiger partial charge in [-0.2, -0.15) is 5.26 Å². The summed E-state index contributed by atoms with van der Waals surface area (Å²) in [5.74, 6) is 2.00. The summed E-state index contributed by atoms with van der Waals surface area (Å²) >= 11 is 0. The Bertz CT molecular complexity index is 1460. The summed E-state index contributed by atoms with van der Waals surface area (Å²) in [4.78, 5) is 18.4. The first-order valence-corrected chi connectivity index (χ1v) is 14.4. The van der Waals surface area contributed by atoms with Gasteiger partial charge in [0, 0.05) is 63.1 Å². The van der Waals surface area contributed by atoms with Gasteiger partial charge >= 0.3 is 0 Å². The molecule has 2 aliphatic rings. The second-order valence-corrected chi connectivity index (χ2v) is 10.9. The monoisotopic (exact) mass is 532 g/mol. The van der Waals surface area contributed by atoms with Gasteiger partial charge in [-0.25, -0.2) is 15.0 Å². The Morgan fingerprint density at radius 2 is 1.62 bits per heavy atom. The molecule has 0 amide bonds. The third kappa shape index (κ3) is 5.70. The molecule has 40 heavy (non-hydrogen) atoms. The lowest BCUT2D eigenvalue weighted by atomic mass is 10.0. The minimum atomic E-state index is 0.204. The fourth-order valence-corrected chi connectivity index (χ4v) is 5.95. The fourth-order valence-electron chi connectivity index (χ4n) is 5.95. The number of piperidine rings is 2. The number of benzene rings is 2. The van der Waals surface area contributed by atoms with Crippen molar-refractivity contribution in [3.8, 4) is 28.6 Å². The van der Waals surface area contributed by atoms with Crippen LogP contribution >= 0.6 is 0 Å². The van der Waals surface area contributed by atoms with Crippen LogP contribution in [0, 0.1) is 11.3 Å². The molecular formula is C32H36N8. The first kappa shape index (κ1) is 26.0. The number of nitrogens with zero attached hydrogens (tertiary/aromatic N) is 7. The van der Waals surface area contributed by atoms with Crippen LogP contribution in [0.2, 0.25) is 0 Å². The maximum absolute atomic E-state index is 9.04. The standard InChI is InChI=1S/C32H36N8/c1-38-31(26-8-4-2-5-9-26)30(37-32(38)40-18-6-3-7-19-40)25-12-10-24(11-13-25)23-39-20-15-27(16-21-39)35-28-14-17-34-29(22-33)36-28/h2,4-5,8-14,17,27H,3,6-7,15-16,18-21,23H2,1H3,(H,34,35,36). The van der Waals surface area contributed by atoms with E-state index < -0.39 is 0 Å². The zero-order valence-electron chi connectivity index (χ0n) is 23.1. The van der Waals surface area contributed by atoms with Gasteiger partial charge in [-0.05, 0) is 43.7 Å². The number of anilines is 2. The van der Waals surface area contributed by atoms with Gasteiger partial charge in [0.2, 0.25) is 11.8 Å². The first-order chi connectivity index (χ1) is 19.7. The van der Waals surface area contributed by atoms with Crippen LogP contribution < -0.4 is 10.2 Å². The lowest BCUT2D eigenvalue weighted by Gasteiger charge is -2.32. The molecule has 6 rings (SSSR count). The number of likely N-dealkylation sites (tertiary alicyclic amines) is 1. The van der Waals surface area contributed by atoms with Gasteiger partial charge in [-0.15, -0.1) is 0 Å². The average Bonchev–Trinajstić information content (AvgIpc) is 3.36. The minimum Gasteiger partial charge on any atom is -0.367 e. The number of nitriles is 1. The molecule has 4 heterocycles. The van der Waals surface area contributed by atoms with Crippen molar-refractivity contribution in [1.82, 2.24) is 24.4 Å². The molecule has 0 radical (unpaired) electrons. The van der Waals surface area contributed by atoms with E-state index in [-0.39, 0.29) is 5.82 Å². The van der Waals surface area contributed by atoms with E-state index in [4.69, 9.17) is 10.2 Å². The van der Waals surface area contributed by atoms with Crippen LogP contribution in [-0.2, 0) is 13.6 Å². The Hall–Kier alpha value is -4.22. The predicted molar refractivity (Wildman–Crippen MR) is 159 cm³/mol. The SMILES string of the molecule is Cn1c(N2CCCCC2)nc(-c2ccc(CN3CCC(Nc4ccnc(C#N)n4)CC3)cc2)c1-c1ccccc1. The van der Waals surface area contributed by atoms with Crippen LogP contribution in [-0.4, -0.2) is 56.6 Å². The summed E-state index contributed by atoms with van der Waals surface area (Å²) in [6.07, 6.45) is 7.48. The first-order valence-electron chi connectivity index (χ1n) is 14.4. The van der Waals surface area contributed by atoms with Crippen molar-refractivity contribution >= 4 is 11.8 Å². The Morgan fingerprint density at radius 3 is 2.35 bits per heavy atom. The summed E-state index contributed by atoms with van der Waals surface area (Å²) < 4.78 is 2.28. The molecule has 0 aliphatic carbocycles. The van der Waals surface area contributed by atoms with Gasteiger partial charge in [0.1, 0.15) is 11.9 Å². The van der Waals surface area contributed by atoms with Crippen molar-refractivity contribution in [3.05, 3.63) is 78.2 Å². The third-order valence-electron chi connectivity index (χ3n) is 8.09. The van der Waals surface area contributed by atoms with Crippen molar-refractivity contribution in [3.63, 3.8) is 0 Å². The van der Waals surface area contributed by atoms with E-state index in [9.17, 15) is 0 Å². The molecule has 2 aromatic carbocycles. The third-order valence-corrected chi connectivity index (χ3v) is 8.09. The molecule has 0 saturated carbocycles. The van der Waals surface area contributed by atoms with Crippen molar-refractivity contribution in [2.45, 2.75) is 44.7 Å². The second-order valence-electron chi connectivity index (χ2n) is 10.9. The maximum atomic E-state index is 9.04. The summed E-state index contributed by atoms with van der Waals surface area (Å²) in [7, 11) is 2.16. The molecule has 204 valence electrons. The minimum absolute atomic E-state index is 0.204. The number of hydrogen-bond donors (Lipinski definition) is 1. The summed E-state index contributed by atoms with van der Waals surface area (Å²) in [6, 6.07) is 23.8. The fraction of sp³-hybridized carbons (Fsp3) is 0.375. The molecule has 0 bridgehead atoms. The normalized spacial score (nSPS) is 16.6. The molecule has 1 N–H and O–H groups in total. The maximum Gasteiger partial charge on any atom is 0.234 e. The average molecular weight is 533 g/mol. The Labute approximate surface area is 236 Å². The second kappa shape index (κ2) is 11.9. The predicted octanol–water partition coefficient (Wildman–Crippen LogP) is 5.48. The van der Waals surface area contributed by atoms with Gasteiger partial charge in [0.15, 0.2) is 0 Å². The zero-order valence-corrected chi connectivity index (χ0v) is 23.1. The van der Waals surface area contributed by atoms with Crippen molar-refractivity contribution in [2.24, 2.45) is 7.05 Å². The molecule has 0 spiro atoms. The van der Waals surface area contributed by atoms with Gasteiger partial charge in [-0.3, -0.25) is 4.90 Å². The van der Waals surface area contributed by atoms with Gasteiger partial charge in [-0.1, -0.05) is 54.6 Å². The highest BCUT2D eigenvalue weighted by molar-refractivity contribution is 5.81. The smallest absolute Gasteiger partial charge is 0.234 e. The van der Waals surface area contributed by atoms with Crippen molar-refractivity contribution < 1.29 is 0 Å². The van der Waals surface area contributed by atoms with Crippen LogP contribution in [0.5, 0.6) is 0 Å². The van der Waals surface area contributed by atoms with E-state index >= 15 is 0 Å². The van der Waals surface area contributed by atoms with Gasteiger partial charge < -0.3 is 14.8 Å². The van der Waals surface area contributed by atoms with Crippen LogP contribution in [0.15, 0.2) is 66.9 Å². The molecule has 0 unspecified atom stereocenters. The quantitative estimate of drug-likeness (QED) is 0.337. The van der Waals surface area contributed by atoms with E-state index in [0.717, 1.165) is 68.6 Å². The number of imidazole rings is 1. The largest absolute Gasteiger partial charge is 0.367 e. The summed E-state index contributed by atoms with van der Waals surface area (Å²) in [5.41, 5.74) is 5.90. The summed E-state index contributed by atoms with van der Waals surface area (Å²) in [6.45, 7) is 5.12. The highest BCUT2D eigenvalue weighted by atomic mass is 15.3. The summed E-state index contributed by atoms with van der Waals surface area (Å²) in [5, 5.41) is 12.5. The molecule has 8 nitrogen and oxygen atoms in total. The highest BCUT2D eigenvalue weighted by Crippen LogP contribution is 2.36. The molecule has 2 saturated heterocycles. The molecule has 4 aromatic rings. The lowest BCUT2D eigenvalue weighted by molar-refractivity contribution is 0.211. The highest BCUT2D eigenvalue weighted by Gasteiger charge is 2.23. The van der Waals surface area contributed by atoms with E-state index in [1.54, 1.807) is 6.20 Å². The Kier molecular flexibility index (Phi) is 7.73. The molecule has 2 aromatic heterocycles. The number of aromatic nitrogens is 4. The lowest BCUT2D eigenvalue weighted by Crippen LogP contribution is -2.38. The topological polar surface area (TPSA) is 85.9 Å². The van der Waals surface area contributed by atoms with Crippen LogP contribution in [0.3, 0.4) is 0 Å². The van der Waals surface area contributed by atoms with Crippen molar-refractivity contribution in [2.75, 3.05) is 36.4 Å². The molecule has 2 fully saturated rings. The van der Waals surface area contributed by atoms with Crippen LogP contribution in [0.25, 0.3) is 22.5 Å². The van der Waals surface area contributed by atoms with Gasteiger partial charge in [0.25, 0.3) is 0 Å². The molecule has 0 atom stereocenters. The molecular weight excluding hydrogens is 496 g/mol. The molecule has 2 aliphatic heterocycles. The van der Waals surface area contributed by atoms with E-state index in [1.807, 2.05) is 12.1 Å². The van der Waals surface area contributed by atoms with E-state index in [2.05, 4.69) is 91.3 Å². The Balaban J connectivity index is 1.14. The number of nitrogens with one attached hydrogen (secondary N) is 1. The van der Waals surface area contributed by atoms with Crippen molar-refractivity contribution in [1.29, 1.82) is 5.26 Å².